The lowest BCUT2D eigenvalue weighted by molar-refractivity contribution is 0.652. The molecule has 0 saturated carbocycles. The number of hydrogen-bond donors (Lipinski definition) is 0. The van der Waals surface area contributed by atoms with Gasteiger partial charge in [0.1, 0.15) is 0 Å². The first kappa shape index (κ1) is 36.0. The Morgan fingerprint density at radius 3 is 1.28 bits per heavy atom. The predicted molar refractivity (Wildman–Crippen MR) is 250 cm³/mol. The topological polar surface area (TPSA) is 25.8 Å². The van der Waals surface area contributed by atoms with Crippen LogP contribution in [0.4, 0.5) is 0 Å². The number of hydrogen-bond acceptors (Lipinski definition) is 2. The summed E-state index contributed by atoms with van der Waals surface area (Å²) in [4.78, 5) is 10.2. The minimum Gasteiger partial charge on any atom is -0.228 e. The highest BCUT2D eigenvalue weighted by Crippen LogP contribution is 2.56. The minimum absolute atomic E-state index is 0.0226. The fourth-order valence-electron chi connectivity index (χ4n) is 9.74. The maximum atomic E-state index is 5.10. The largest absolute Gasteiger partial charge is 0.228 e. The SMILES string of the molecule is CC1(C)c2ccccc2-c2cc3c(cc21)-c1ccc(-c2cccc(-c4ccc(-c5cc(-c6ccc(-c7ccccc7)cc6)nc(-c6ccccc6)n5)cc4)c2)cc1C3(C)C. The van der Waals surface area contributed by atoms with E-state index in [0.717, 1.165) is 28.1 Å². The molecular weight excluding hydrogens is 725 g/mol. The van der Waals surface area contributed by atoms with Gasteiger partial charge in [-0.1, -0.05) is 191 Å². The average molecular weight is 769 g/mol. The van der Waals surface area contributed by atoms with Crippen molar-refractivity contribution in [1.82, 2.24) is 9.97 Å². The van der Waals surface area contributed by atoms with E-state index in [1.165, 1.54) is 77.9 Å². The fraction of sp³-hybridized carbons (Fsp3) is 0.103. The average Bonchev–Trinajstić information content (AvgIpc) is 3.67. The lowest BCUT2D eigenvalue weighted by Gasteiger charge is -2.24. The van der Waals surface area contributed by atoms with Crippen molar-refractivity contribution in [2.75, 3.05) is 0 Å². The van der Waals surface area contributed by atoms with Crippen molar-refractivity contribution >= 4 is 0 Å². The van der Waals surface area contributed by atoms with Crippen LogP contribution in [0.25, 0.3) is 89.5 Å². The summed E-state index contributed by atoms with van der Waals surface area (Å²) in [6, 6.07) is 70.3. The van der Waals surface area contributed by atoms with E-state index in [1.54, 1.807) is 0 Å². The molecule has 0 unspecified atom stereocenters. The summed E-state index contributed by atoms with van der Waals surface area (Å²) < 4.78 is 0. The van der Waals surface area contributed by atoms with E-state index >= 15 is 0 Å². The molecule has 2 heteroatoms. The van der Waals surface area contributed by atoms with Crippen molar-refractivity contribution < 1.29 is 0 Å². The van der Waals surface area contributed by atoms with Crippen molar-refractivity contribution in [2.24, 2.45) is 0 Å². The molecule has 0 amide bonds. The highest BCUT2D eigenvalue weighted by molar-refractivity contribution is 5.91. The van der Waals surface area contributed by atoms with E-state index in [-0.39, 0.29) is 10.8 Å². The van der Waals surface area contributed by atoms with Gasteiger partial charge in [-0.05, 0) is 108 Å². The Kier molecular flexibility index (Phi) is 8.22. The van der Waals surface area contributed by atoms with Crippen LogP contribution in [0.1, 0.15) is 49.9 Å². The number of aromatic nitrogens is 2. The van der Waals surface area contributed by atoms with Gasteiger partial charge in [0, 0.05) is 27.5 Å². The van der Waals surface area contributed by atoms with Gasteiger partial charge in [-0.25, -0.2) is 9.97 Å². The van der Waals surface area contributed by atoms with E-state index in [0.29, 0.717) is 5.82 Å². The zero-order valence-corrected chi connectivity index (χ0v) is 34.4. The standard InChI is InChI=1S/C58H44N2/c1-57(2)50-21-12-11-20-46(50)48-34-53-49(35-52(48)57)47-31-30-45(33-51(47)58(53,3)4)44-19-13-18-43(32-44)39-24-28-41(29-25-39)55-36-54(59-56(60-55)42-16-9-6-10-17-42)40-26-22-38(23-27-40)37-14-7-5-8-15-37/h5-36H,1-4H3. The van der Waals surface area contributed by atoms with Crippen molar-refractivity contribution in [3.8, 4) is 89.5 Å². The number of nitrogens with zero attached hydrogens (tertiary/aromatic N) is 2. The highest BCUT2D eigenvalue weighted by Gasteiger charge is 2.41. The Morgan fingerprint density at radius 2 is 0.667 bits per heavy atom. The molecule has 60 heavy (non-hydrogen) atoms. The molecule has 1 aromatic heterocycles. The van der Waals surface area contributed by atoms with Crippen LogP contribution in [0.3, 0.4) is 0 Å². The minimum atomic E-state index is -0.113. The second-order valence-electron chi connectivity index (χ2n) is 17.4. The Bertz CT molecular complexity index is 3100. The Morgan fingerprint density at radius 1 is 0.267 bits per heavy atom. The summed E-state index contributed by atoms with van der Waals surface area (Å²) in [6.45, 7) is 9.52. The van der Waals surface area contributed by atoms with E-state index in [1.807, 2.05) is 24.3 Å². The molecule has 2 aliphatic rings. The molecule has 0 atom stereocenters. The molecule has 0 aliphatic heterocycles. The predicted octanol–water partition coefficient (Wildman–Crippen LogP) is 15.1. The molecule has 11 rings (SSSR count). The van der Waals surface area contributed by atoms with Crippen LogP contribution in [-0.4, -0.2) is 9.97 Å². The van der Waals surface area contributed by atoms with E-state index < -0.39 is 0 Å². The summed E-state index contributed by atoms with van der Waals surface area (Å²) >= 11 is 0. The molecule has 9 aromatic rings. The van der Waals surface area contributed by atoms with E-state index in [2.05, 4.69) is 198 Å². The highest BCUT2D eigenvalue weighted by atomic mass is 14.9. The lowest BCUT2D eigenvalue weighted by Crippen LogP contribution is -2.17. The number of fused-ring (bicyclic) bond motifs is 6. The van der Waals surface area contributed by atoms with E-state index in [4.69, 9.17) is 9.97 Å². The van der Waals surface area contributed by atoms with Crippen LogP contribution in [0.15, 0.2) is 194 Å². The Balaban J connectivity index is 0.907. The van der Waals surface area contributed by atoms with Gasteiger partial charge >= 0.3 is 0 Å². The van der Waals surface area contributed by atoms with Gasteiger partial charge in [0.25, 0.3) is 0 Å². The number of benzene rings is 8. The van der Waals surface area contributed by atoms with Gasteiger partial charge in [0.2, 0.25) is 0 Å². The summed E-state index contributed by atoms with van der Waals surface area (Å²) in [5, 5.41) is 0. The van der Waals surface area contributed by atoms with Gasteiger partial charge in [-0.15, -0.1) is 0 Å². The summed E-state index contributed by atoms with van der Waals surface area (Å²) in [6.07, 6.45) is 0. The first-order valence-electron chi connectivity index (χ1n) is 21.0. The molecule has 0 spiro atoms. The van der Waals surface area contributed by atoms with Gasteiger partial charge in [-0.3, -0.25) is 0 Å². The van der Waals surface area contributed by atoms with Crippen LogP contribution in [0, 0.1) is 0 Å². The van der Waals surface area contributed by atoms with Gasteiger partial charge in [0.05, 0.1) is 11.4 Å². The Hall–Kier alpha value is -7.16. The maximum Gasteiger partial charge on any atom is 0.160 e. The molecule has 1 heterocycles. The molecule has 8 aromatic carbocycles. The smallest absolute Gasteiger partial charge is 0.160 e. The summed E-state index contributed by atoms with van der Waals surface area (Å²) in [5.74, 6) is 0.714. The number of rotatable bonds is 6. The molecular formula is C58H44N2. The maximum absolute atomic E-state index is 5.10. The van der Waals surface area contributed by atoms with E-state index in [9.17, 15) is 0 Å². The Labute approximate surface area is 353 Å². The third kappa shape index (κ3) is 5.86. The third-order valence-corrected chi connectivity index (χ3v) is 13.1. The fourth-order valence-corrected chi connectivity index (χ4v) is 9.74. The van der Waals surface area contributed by atoms with Crippen molar-refractivity contribution in [2.45, 2.75) is 38.5 Å². The second-order valence-corrected chi connectivity index (χ2v) is 17.4. The third-order valence-electron chi connectivity index (χ3n) is 13.1. The van der Waals surface area contributed by atoms with Crippen LogP contribution in [-0.2, 0) is 10.8 Å². The zero-order valence-electron chi connectivity index (χ0n) is 34.4. The van der Waals surface area contributed by atoms with Crippen LogP contribution >= 0.6 is 0 Å². The van der Waals surface area contributed by atoms with Crippen LogP contribution < -0.4 is 0 Å². The first-order valence-corrected chi connectivity index (χ1v) is 21.0. The summed E-state index contributed by atoms with van der Waals surface area (Å²) in [5.41, 5.74) is 23.1. The molecule has 0 bridgehead atoms. The lowest BCUT2D eigenvalue weighted by atomic mass is 9.79. The van der Waals surface area contributed by atoms with Gasteiger partial charge in [-0.2, -0.15) is 0 Å². The molecule has 0 fully saturated rings. The molecule has 2 aliphatic carbocycles. The monoisotopic (exact) mass is 768 g/mol. The molecule has 0 N–H and O–H groups in total. The zero-order chi connectivity index (χ0) is 40.6. The van der Waals surface area contributed by atoms with Gasteiger partial charge in [0.15, 0.2) is 5.82 Å². The van der Waals surface area contributed by atoms with Crippen molar-refractivity contribution in [1.29, 1.82) is 0 Å². The quantitative estimate of drug-likeness (QED) is 0.168. The molecule has 2 nitrogen and oxygen atoms in total. The normalized spacial score (nSPS) is 13.9. The second kappa shape index (κ2) is 13.7. The first-order chi connectivity index (χ1) is 29.2. The summed E-state index contributed by atoms with van der Waals surface area (Å²) in [7, 11) is 0. The van der Waals surface area contributed by atoms with Gasteiger partial charge < -0.3 is 0 Å². The molecule has 286 valence electrons. The van der Waals surface area contributed by atoms with Crippen LogP contribution in [0.5, 0.6) is 0 Å². The molecule has 0 radical (unpaired) electrons. The van der Waals surface area contributed by atoms with Crippen LogP contribution in [0.2, 0.25) is 0 Å². The van der Waals surface area contributed by atoms with Crippen molar-refractivity contribution in [3.63, 3.8) is 0 Å². The van der Waals surface area contributed by atoms with Crippen molar-refractivity contribution in [3.05, 3.63) is 216 Å². The molecule has 0 saturated heterocycles.